The molecule has 0 fully saturated rings. The molecule has 1 atom stereocenters. The lowest BCUT2D eigenvalue weighted by Gasteiger charge is -2.14. The summed E-state index contributed by atoms with van der Waals surface area (Å²) in [6.07, 6.45) is 6.79. The van der Waals surface area contributed by atoms with E-state index in [2.05, 4.69) is 49.6 Å². The molecule has 0 aliphatic carbocycles. The van der Waals surface area contributed by atoms with Crippen molar-refractivity contribution in [1.29, 1.82) is 0 Å². The van der Waals surface area contributed by atoms with E-state index in [1.54, 1.807) is 17.2 Å². The van der Waals surface area contributed by atoms with Crippen LogP contribution in [-0.4, -0.2) is 29.9 Å². The number of pyridine rings is 1. The SMILES string of the molecule is C[C@@H](NCc1cc(-c2cccnc2)n[nH]1)c1ccc(-n2cncn2)cc1. The van der Waals surface area contributed by atoms with Crippen LogP contribution in [0.4, 0.5) is 0 Å². The third-order valence-corrected chi connectivity index (χ3v) is 4.26. The van der Waals surface area contributed by atoms with Gasteiger partial charge in [0.25, 0.3) is 0 Å². The molecule has 130 valence electrons. The molecule has 0 radical (unpaired) electrons. The van der Waals surface area contributed by atoms with Gasteiger partial charge < -0.3 is 5.32 Å². The number of H-pyrrole nitrogens is 1. The summed E-state index contributed by atoms with van der Waals surface area (Å²) in [6, 6.07) is 14.4. The Hall–Kier alpha value is -3.32. The minimum atomic E-state index is 0.213. The highest BCUT2D eigenvalue weighted by Gasteiger charge is 2.08. The van der Waals surface area contributed by atoms with Crippen LogP contribution in [0.15, 0.2) is 67.5 Å². The van der Waals surface area contributed by atoms with Crippen LogP contribution in [-0.2, 0) is 6.54 Å². The average molecular weight is 345 g/mol. The van der Waals surface area contributed by atoms with Crippen LogP contribution in [0.1, 0.15) is 24.2 Å². The molecule has 7 nitrogen and oxygen atoms in total. The molecule has 7 heteroatoms. The summed E-state index contributed by atoms with van der Waals surface area (Å²) in [5.41, 5.74) is 5.15. The van der Waals surface area contributed by atoms with Crippen LogP contribution in [0.2, 0.25) is 0 Å². The van der Waals surface area contributed by atoms with Gasteiger partial charge in [0.1, 0.15) is 12.7 Å². The number of rotatable bonds is 6. The molecule has 0 bridgehead atoms. The average Bonchev–Trinajstić information content (AvgIpc) is 3.39. The molecule has 0 saturated heterocycles. The standard InChI is InChI=1S/C19H19N7/c1-14(15-4-6-18(7-5-15)26-13-21-12-23-26)22-11-17-9-19(25-24-17)16-3-2-8-20-10-16/h2-10,12-14,22H,11H2,1H3,(H,24,25)/t14-/m1/s1. The summed E-state index contributed by atoms with van der Waals surface area (Å²) < 4.78 is 1.74. The van der Waals surface area contributed by atoms with E-state index < -0.39 is 0 Å². The maximum atomic E-state index is 4.36. The highest BCUT2D eigenvalue weighted by molar-refractivity contribution is 5.57. The number of hydrogen-bond donors (Lipinski definition) is 2. The summed E-state index contributed by atoms with van der Waals surface area (Å²) in [6.45, 7) is 2.85. The Morgan fingerprint density at radius 1 is 1.15 bits per heavy atom. The van der Waals surface area contributed by atoms with Crippen molar-refractivity contribution in [2.75, 3.05) is 0 Å². The van der Waals surface area contributed by atoms with E-state index >= 15 is 0 Å². The number of hydrogen-bond acceptors (Lipinski definition) is 5. The van der Waals surface area contributed by atoms with Crippen LogP contribution in [0, 0.1) is 0 Å². The summed E-state index contributed by atoms with van der Waals surface area (Å²) in [5, 5.41) is 15.1. The number of nitrogens with zero attached hydrogens (tertiary/aromatic N) is 5. The maximum absolute atomic E-state index is 4.36. The second kappa shape index (κ2) is 7.28. The van der Waals surface area contributed by atoms with E-state index in [0.717, 1.165) is 22.6 Å². The number of benzene rings is 1. The van der Waals surface area contributed by atoms with E-state index in [1.807, 2.05) is 36.5 Å². The van der Waals surface area contributed by atoms with Gasteiger partial charge in [-0.2, -0.15) is 10.2 Å². The second-order valence-electron chi connectivity index (χ2n) is 6.05. The van der Waals surface area contributed by atoms with Crippen molar-refractivity contribution in [3.05, 3.63) is 78.8 Å². The third kappa shape index (κ3) is 3.52. The van der Waals surface area contributed by atoms with E-state index in [4.69, 9.17) is 0 Å². The molecule has 3 aromatic heterocycles. The van der Waals surface area contributed by atoms with Crippen molar-refractivity contribution in [1.82, 2.24) is 35.3 Å². The third-order valence-electron chi connectivity index (χ3n) is 4.26. The van der Waals surface area contributed by atoms with Gasteiger partial charge in [0.15, 0.2) is 0 Å². The highest BCUT2D eigenvalue weighted by atomic mass is 15.3. The molecule has 0 aliphatic rings. The van der Waals surface area contributed by atoms with E-state index in [-0.39, 0.29) is 6.04 Å². The van der Waals surface area contributed by atoms with E-state index in [1.165, 1.54) is 11.9 Å². The normalized spacial score (nSPS) is 12.2. The molecule has 3 heterocycles. The van der Waals surface area contributed by atoms with Crippen molar-refractivity contribution >= 4 is 0 Å². The fourth-order valence-corrected chi connectivity index (χ4v) is 2.75. The minimum absolute atomic E-state index is 0.213. The van der Waals surface area contributed by atoms with Gasteiger partial charge in [0.05, 0.1) is 11.4 Å². The van der Waals surface area contributed by atoms with E-state index in [0.29, 0.717) is 6.54 Å². The van der Waals surface area contributed by atoms with Gasteiger partial charge in [-0.25, -0.2) is 9.67 Å². The highest BCUT2D eigenvalue weighted by Crippen LogP contribution is 2.18. The Bertz CT molecular complexity index is 943. The van der Waals surface area contributed by atoms with Gasteiger partial charge in [-0.15, -0.1) is 0 Å². The first kappa shape index (κ1) is 16.2. The maximum Gasteiger partial charge on any atom is 0.138 e. The van der Waals surface area contributed by atoms with Gasteiger partial charge in [-0.1, -0.05) is 12.1 Å². The predicted octanol–water partition coefficient (Wildman–Crippen LogP) is 2.90. The Labute approximate surface area is 151 Å². The Kier molecular flexibility index (Phi) is 4.53. The lowest BCUT2D eigenvalue weighted by molar-refractivity contribution is 0.567. The first-order valence-corrected chi connectivity index (χ1v) is 8.42. The first-order chi connectivity index (χ1) is 12.8. The summed E-state index contributed by atoms with van der Waals surface area (Å²) in [4.78, 5) is 8.10. The number of aromatic nitrogens is 6. The number of nitrogens with one attached hydrogen (secondary N) is 2. The van der Waals surface area contributed by atoms with Crippen molar-refractivity contribution in [2.24, 2.45) is 0 Å². The smallest absolute Gasteiger partial charge is 0.138 e. The zero-order valence-electron chi connectivity index (χ0n) is 14.4. The molecular weight excluding hydrogens is 326 g/mol. The molecular formula is C19H19N7. The zero-order valence-corrected chi connectivity index (χ0v) is 14.4. The van der Waals surface area contributed by atoms with Gasteiger partial charge in [0, 0.05) is 36.2 Å². The Balaban J connectivity index is 1.38. The molecule has 0 spiro atoms. The van der Waals surface area contributed by atoms with Crippen LogP contribution < -0.4 is 5.32 Å². The zero-order chi connectivity index (χ0) is 17.8. The first-order valence-electron chi connectivity index (χ1n) is 8.42. The Morgan fingerprint density at radius 2 is 2.04 bits per heavy atom. The molecule has 4 aromatic rings. The lowest BCUT2D eigenvalue weighted by atomic mass is 10.1. The fourth-order valence-electron chi connectivity index (χ4n) is 2.75. The summed E-state index contributed by atoms with van der Waals surface area (Å²) in [7, 11) is 0. The topological polar surface area (TPSA) is 84.3 Å². The van der Waals surface area contributed by atoms with Crippen molar-refractivity contribution in [2.45, 2.75) is 19.5 Å². The lowest BCUT2D eigenvalue weighted by Crippen LogP contribution is -2.18. The van der Waals surface area contributed by atoms with Gasteiger partial charge in [0.2, 0.25) is 0 Å². The Morgan fingerprint density at radius 3 is 2.77 bits per heavy atom. The molecule has 0 aliphatic heterocycles. The summed E-state index contributed by atoms with van der Waals surface area (Å²) >= 11 is 0. The van der Waals surface area contributed by atoms with Crippen molar-refractivity contribution in [3.8, 4) is 16.9 Å². The molecule has 2 N–H and O–H groups in total. The van der Waals surface area contributed by atoms with Crippen molar-refractivity contribution in [3.63, 3.8) is 0 Å². The van der Waals surface area contributed by atoms with Gasteiger partial charge in [-0.3, -0.25) is 10.1 Å². The van der Waals surface area contributed by atoms with Crippen LogP contribution in [0.5, 0.6) is 0 Å². The van der Waals surface area contributed by atoms with Gasteiger partial charge >= 0.3 is 0 Å². The van der Waals surface area contributed by atoms with Crippen LogP contribution >= 0.6 is 0 Å². The molecule has 26 heavy (non-hydrogen) atoms. The van der Waals surface area contributed by atoms with Crippen LogP contribution in [0.25, 0.3) is 16.9 Å². The van der Waals surface area contributed by atoms with Crippen LogP contribution in [0.3, 0.4) is 0 Å². The molecule has 0 unspecified atom stereocenters. The van der Waals surface area contributed by atoms with Gasteiger partial charge in [-0.05, 0) is 42.8 Å². The monoisotopic (exact) mass is 345 g/mol. The molecule has 0 saturated carbocycles. The quantitative estimate of drug-likeness (QED) is 0.561. The summed E-state index contributed by atoms with van der Waals surface area (Å²) in [5.74, 6) is 0. The van der Waals surface area contributed by atoms with Crippen molar-refractivity contribution < 1.29 is 0 Å². The van der Waals surface area contributed by atoms with E-state index in [9.17, 15) is 0 Å². The molecule has 4 rings (SSSR count). The predicted molar refractivity (Wildman–Crippen MR) is 98.4 cm³/mol. The second-order valence-corrected chi connectivity index (χ2v) is 6.05. The molecule has 1 aromatic carbocycles. The molecule has 0 amide bonds. The minimum Gasteiger partial charge on any atom is -0.305 e. The number of aromatic amines is 1. The fraction of sp³-hybridized carbons (Fsp3) is 0.158. The largest absolute Gasteiger partial charge is 0.305 e.